The Hall–Kier alpha value is -2.23. The van der Waals surface area contributed by atoms with E-state index in [4.69, 9.17) is 4.74 Å². The molecule has 1 heterocycles. The highest BCUT2D eigenvalue weighted by atomic mass is 16.5. The Labute approximate surface area is 125 Å². The number of benzene rings is 1. The lowest BCUT2D eigenvalue weighted by atomic mass is 9.71. The molecule has 4 nitrogen and oxygen atoms in total. The minimum absolute atomic E-state index is 0.0383. The van der Waals surface area contributed by atoms with E-state index in [2.05, 4.69) is 9.97 Å². The molecule has 0 aliphatic carbocycles. The normalized spacial score (nSPS) is 11.2. The zero-order chi connectivity index (χ0) is 15.3. The summed E-state index contributed by atoms with van der Waals surface area (Å²) in [5, 5.41) is 0. The second-order valence-electron chi connectivity index (χ2n) is 4.90. The van der Waals surface area contributed by atoms with Crippen molar-refractivity contribution in [3.05, 3.63) is 54.0 Å². The third kappa shape index (κ3) is 2.66. The van der Waals surface area contributed by atoms with Crippen molar-refractivity contribution in [1.29, 1.82) is 0 Å². The van der Waals surface area contributed by atoms with Crippen LogP contribution < -0.4 is 4.74 Å². The first-order valence-electron chi connectivity index (χ1n) is 7.15. The number of carbonyl (C=O) groups excluding carboxylic acids is 1. The molecule has 0 saturated carbocycles. The van der Waals surface area contributed by atoms with Crippen LogP contribution in [0.3, 0.4) is 0 Å². The van der Waals surface area contributed by atoms with E-state index in [1.165, 1.54) is 19.5 Å². The van der Waals surface area contributed by atoms with Gasteiger partial charge in [0.25, 0.3) is 0 Å². The van der Waals surface area contributed by atoms with Gasteiger partial charge in [0.2, 0.25) is 5.88 Å². The highest BCUT2D eigenvalue weighted by Gasteiger charge is 2.39. The van der Waals surface area contributed by atoms with Gasteiger partial charge in [0, 0.05) is 12.4 Å². The molecule has 0 saturated heterocycles. The highest BCUT2D eigenvalue weighted by Crippen LogP contribution is 2.36. The minimum atomic E-state index is -0.593. The van der Waals surface area contributed by atoms with Gasteiger partial charge in [-0.05, 0) is 18.4 Å². The Balaban J connectivity index is 2.55. The summed E-state index contributed by atoms with van der Waals surface area (Å²) in [6.45, 7) is 4.05. The lowest BCUT2D eigenvalue weighted by Crippen LogP contribution is -2.35. The van der Waals surface area contributed by atoms with Crippen LogP contribution in [0.2, 0.25) is 0 Å². The molecule has 0 radical (unpaired) electrons. The van der Waals surface area contributed by atoms with Gasteiger partial charge in [-0.25, -0.2) is 9.97 Å². The predicted molar refractivity (Wildman–Crippen MR) is 81.6 cm³/mol. The molecule has 4 heteroatoms. The van der Waals surface area contributed by atoms with Gasteiger partial charge in [0.05, 0.1) is 12.5 Å². The minimum Gasteiger partial charge on any atom is -0.479 e. The second kappa shape index (κ2) is 6.48. The Morgan fingerprint density at radius 1 is 1.10 bits per heavy atom. The van der Waals surface area contributed by atoms with Crippen LogP contribution >= 0.6 is 0 Å². The van der Waals surface area contributed by atoms with Crippen LogP contribution in [0.4, 0.5) is 0 Å². The maximum absolute atomic E-state index is 13.1. The first-order valence-corrected chi connectivity index (χ1v) is 7.15. The summed E-state index contributed by atoms with van der Waals surface area (Å²) in [6, 6.07) is 9.85. The smallest absolute Gasteiger partial charge is 0.243 e. The summed E-state index contributed by atoms with van der Waals surface area (Å²) in [4.78, 5) is 21.4. The van der Waals surface area contributed by atoms with Crippen LogP contribution in [0.1, 0.15) is 42.7 Å². The van der Waals surface area contributed by atoms with Crippen molar-refractivity contribution in [1.82, 2.24) is 9.97 Å². The van der Waals surface area contributed by atoms with E-state index < -0.39 is 5.41 Å². The summed E-state index contributed by atoms with van der Waals surface area (Å²) in [7, 11) is 1.50. The van der Waals surface area contributed by atoms with E-state index in [0.29, 0.717) is 18.5 Å². The molecule has 0 fully saturated rings. The molecule has 21 heavy (non-hydrogen) atoms. The third-order valence-corrected chi connectivity index (χ3v) is 4.04. The largest absolute Gasteiger partial charge is 0.479 e. The van der Waals surface area contributed by atoms with E-state index >= 15 is 0 Å². The molecule has 1 aromatic heterocycles. The quantitative estimate of drug-likeness (QED) is 0.763. The number of ether oxygens (including phenoxy) is 1. The molecule has 0 unspecified atom stereocenters. The maximum Gasteiger partial charge on any atom is 0.243 e. The Morgan fingerprint density at radius 3 is 2.29 bits per heavy atom. The molecule has 0 aliphatic rings. The molecular formula is C17H20N2O2. The van der Waals surface area contributed by atoms with Gasteiger partial charge in [-0.1, -0.05) is 44.2 Å². The lowest BCUT2D eigenvalue weighted by molar-refractivity contribution is 0.0863. The number of ketones is 1. The zero-order valence-electron chi connectivity index (χ0n) is 12.7. The van der Waals surface area contributed by atoms with Crippen molar-refractivity contribution < 1.29 is 9.53 Å². The molecule has 1 aromatic carbocycles. The lowest BCUT2D eigenvalue weighted by Gasteiger charge is -2.30. The van der Waals surface area contributed by atoms with Gasteiger partial charge >= 0.3 is 0 Å². The molecule has 0 amide bonds. The van der Waals surface area contributed by atoms with E-state index in [-0.39, 0.29) is 11.7 Å². The van der Waals surface area contributed by atoms with Gasteiger partial charge in [0.1, 0.15) is 0 Å². The molecule has 0 spiro atoms. The van der Waals surface area contributed by atoms with Crippen LogP contribution in [0.15, 0.2) is 42.7 Å². The third-order valence-electron chi connectivity index (χ3n) is 4.04. The number of aromatic nitrogens is 2. The number of carbonyl (C=O) groups is 1. The van der Waals surface area contributed by atoms with Crippen molar-refractivity contribution in [2.45, 2.75) is 32.1 Å². The van der Waals surface area contributed by atoms with Crippen molar-refractivity contribution in [3.8, 4) is 5.88 Å². The highest BCUT2D eigenvalue weighted by molar-refractivity contribution is 6.04. The summed E-state index contributed by atoms with van der Waals surface area (Å²) in [5.41, 5.74) is 0.713. The van der Waals surface area contributed by atoms with E-state index in [1.807, 2.05) is 44.2 Å². The predicted octanol–water partition coefficient (Wildman–Crippen LogP) is 3.43. The fourth-order valence-electron chi connectivity index (χ4n) is 2.72. The Bertz CT molecular complexity index is 607. The van der Waals surface area contributed by atoms with Gasteiger partial charge in [0.15, 0.2) is 11.5 Å². The van der Waals surface area contributed by atoms with Crippen molar-refractivity contribution >= 4 is 5.78 Å². The molecule has 0 atom stereocenters. The second-order valence-corrected chi connectivity index (χ2v) is 4.90. The molecule has 0 N–H and O–H groups in total. The topological polar surface area (TPSA) is 52.1 Å². The number of Topliss-reactive ketones (excluding diaryl/α,β-unsaturated/α-hetero) is 1. The average molecular weight is 284 g/mol. The van der Waals surface area contributed by atoms with Gasteiger partial charge in [-0.15, -0.1) is 0 Å². The van der Waals surface area contributed by atoms with E-state index in [0.717, 1.165) is 5.56 Å². The molecule has 2 rings (SSSR count). The van der Waals surface area contributed by atoms with E-state index in [9.17, 15) is 4.79 Å². The van der Waals surface area contributed by atoms with Gasteiger partial charge < -0.3 is 4.74 Å². The monoisotopic (exact) mass is 284 g/mol. The van der Waals surface area contributed by atoms with Crippen LogP contribution in [0.25, 0.3) is 0 Å². The number of nitrogens with zero attached hydrogens (tertiary/aromatic N) is 2. The van der Waals surface area contributed by atoms with E-state index in [1.54, 1.807) is 0 Å². The molecule has 0 aliphatic heterocycles. The number of methoxy groups -OCH3 is 1. The first-order chi connectivity index (χ1) is 10.2. The van der Waals surface area contributed by atoms with Crippen LogP contribution in [-0.2, 0) is 5.41 Å². The summed E-state index contributed by atoms with van der Waals surface area (Å²) < 4.78 is 5.19. The molecule has 110 valence electrons. The van der Waals surface area contributed by atoms with Crippen molar-refractivity contribution in [2.24, 2.45) is 0 Å². The van der Waals surface area contributed by atoms with Crippen LogP contribution in [-0.4, -0.2) is 22.9 Å². The SMILES string of the molecule is CCC(CC)(C(=O)c1nccnc1OC)c1ccccc1. The fourth-order valence-corrected chi connectivity index (χ4v) is 2.72. The summed E-state index contributed by atoms with van der Waals surface area (Å²) in [5.74, 6) is 0.244. The number of rotatable bonds is 6. The van der Waals surface area contributed by atoms with Gasteiger partial charge in [-0.2, -0.15) is 0 Å². The van der Waals surface area contributed by atoms with Gasteiger partial charge in [-0.3, -0.25) is 4.79 Å². The van der Waals surface area contributed by atoms with Crippen LogP contribution in [0.5, 0.6) is 5.88 Å². The standard InChI is InChI=1S/C17H20N2O2/c1-4-17(5-2,13-9-7-6-8-10-13)15(20)14-16(21-3)19-12-11-18-14/h6-12H,4-5H2,1-3H3. The van der Waals surface area contributed by atoms with Crippen molar-refractivity contribution in [3.63, 3.8) is 0 Å². The average Bonchev–Trinajstić information content (AvgIpc) is 2.57. The molecule has 2 aromatic rings. The first kappa shape index (κ1) is 15.2. The Morgan fingerprint density at radius 2 is 1.71 bits per heavy atom. The molecule has 0 bridgehead atoms. The number of hydrogen-bond acceptors (Lipinski definition) is 4. The fraction of sp³-hybridized carbons (Fsp3) is 0.353. The zero-order valence-corrected chi connectivity index (χ0v) is 12.7. The number of hydrogen-bond donors (Lipinski definition) is 0. The Kier molecular flexibility index (Phi) is 4.68. The summed E-state index contributed by atoms with van der Waals surface area (Å²) >= 11 is 0. The molecular weight excluding hydrogens is 264 g/mol. The maximum atomic E-state index is 13.1. The summed E-state index contributed by atoms with van der Waals surface area (Å²) in [6.07, 6.45) is 4.45. The van der Waals surface area contributed by atoms with Crippen molar-refractivity contribution in [2.75, 3.05) is 7.11 Å². The van der Waals surface area contributed by atoms with Crippen LogP contribution in [0, 0.1) is 0 Å².